The summed E-state index contributed by atoms with van der Waals surface area (Å²) in [6.45, 7) is 2.38. The van der Waals surface area contributed by atoms with E-state index in [4.69, 9.17) is 11.6 Å². The number of hydrogen-bond donors (Lipinski definition) is 1. The number of nitrogens with zero attached hydrogens (tertiary/aromatic N) is 1. The Morgan fingerprint density at radius 1 is 1.19 bits per heavy atom. The Kier molecular flexibility index (Phi) is 6.39. The van der Waals surface area contributed by atoms with Crippen molar-refractivity contribution in [3.05, 3.63) is 46.1 Å². The van der Waals surface area contributed by atoms with E-state index < -0.39 is 17.8 Å². The molecule has 1 amide bonds. The minimum atomic E-state index is -4.50. The van der Waals surface area contributed by atoms with E-state index in [1.54, 1.807) is 13.0 Å². The molecule has 1 N–H and O–H groups in total. The van der Waals surface area contributed by atoms with Crippen molar-refractivity contribution < 1.29 is 22.8 Å². The fourth-order valence-electron chi connectivity index (χ4n) is 4.37. The molecule has 1 aromatic heterocycles. The molecule has 0 saturated heterocycles. The fourth-order valence-corrected chi connectivity index (χ4v) is 4.59. The van der Waals surface area contributed by atoms with Crippen molar-refractivity contribution in [1.29, 1.82) is 0 Å². The molecular weight excluding hydrogens is 441 g/mol. The molecule has 2 fully saturated rings. The molecule has 1 aromatic carbocycles. The summed E-state index contributed by atoms with van der Waals surface area (Å²) in [5.74, 6) is 0.257. The summed E-state index contributed by atoms with van der Waals surface area (Å²) in [6.07, 6.45) is 1.47. The first-order chi connectivity index (χ1) is 15.1. The van der Waals surface area contributed by atoms with Gasteiger partial charge in [0.05, 0.1) is 22.9 Å². The molecule has 0 radical (unpaired) electrons. The number of halogens is 4. The highest BCUT2D eigenvalue weighted by atomic mass is 35.5. The van der Waals surface area contributed by atoms with E-state index in [-0.39, 0.29) is 22.3 Å². The molecule has 0 aliphatic heterocycles. The minimum absolute atomic E-state index is 0.0246. The molecule has 1 unspecified atom stereocenters. The average molecular weight is 467 g/mol. The number of aromatic nitrogens is 1. The number of alkyl halides is 3. The number of benzene rings is 1. The molecule has 1 heterocycles. The van der Waals surface area contributed by atoms with Crippen molar-refractivity contribution in [2.24, 2.45) is 5.92 Å². The number of ketones is 1. The Bertz CT molecular complexity index is 1040. The number of carbonyl (C=O) groups is 2. The Labute approximate surface area is 190 Å². The molecule has 2 aliphatic carbocycles. The first-order valence-corrected chi connectivity index (χ1v) is 11.4. The standard InChI is InChI=1S/C24H26ClF3N2O2/c1-14-17(23(32)29-20-4-2-3-5-22(20)31)13-21(30(14)11-10-15-6-7-15)18-12-16(24(26,27)28)8-9-19(18)25/h8-9,12-13,15,20H,2-7,10-11H2,1H3,(H,29,32). The summed E-state index contributed by atoms with van der Waals surface area (Å²) < 4.78 is 41.9. The smallest absolute Gasteiger partial charge is 0.344 e. The molecule has 2 saturated carbocycles. The van der Waals surface area contributed by atoms with Gasteiger partial charge < -0.3 is 9.88 Å². The van der Waals surface area contributed by atoms with Crippen LogP contribution < -0.4 is 5.32 Å². The lowest BCUT2D eigenvalue weighted by atomic mass is 9.94. The summed E-state index contributed by atoms with van der Waals surface area (Å²) in [4.78, 5) is 25.2. The maximum absolute atomic E-state index is 13.3. The van der Waals surface area contributed by atoms with E-state index >= 15 is 0 Å². The van der Waals surface area contributed by atoms with Crippen molar-refractivity contribution >= 4 is 23.3 Å². The largest absolute Gasteiger partial charge is 0.416 e. The van der Waals surface area contributed by atoms with Crippen LogP contribution in [0.5, 0.6) is 0 Å². The van der Waals surface area contributed by atoms with Gasteiger partial charge in [0, 0.05) is 29.2 Å². The van der Waals surface area contributed by atoms with Gasteiger partial charge in [0.2, 0.25) is 0 Å². The highest BCUT2D eigenvalue weighted by molar-refractivity contribution is 6.33. The summed E-state index contributed by atoms with van der Waals surface area (Å²) in [7, 11) is 0. The molecule has 2 aromatic rings. The van der Waals surface area contributed by atoms with Gasteiger partial charge in [-0.15, -0.1) is 0 Å². The van der Waals surface area contributed by atoms with Crippen LogP contribution in [0.4, 0.5) is 13.2 Å². The SMILES string of the molecule is Cc1c(C(=O)NC2CCCCC2=O)cc(-c2cc(C(F)(F)F)ccc2Cl)n1CCC1CC1. The van der Waals surface area contributed by atoms with Crippen molar-refractivity contribution in [2.45, 2.75) is 70.6 Å². The quantitative estimate of drug-likeness (QED) is 0.553. The van der Waals surface area contributed by atoms with E-state index in [2.05, 4.69) is 5.32 Å². The second kappa shape index (κ2) is 8.93. The van der Waals surface area contributed by atoms with Gasteiger partial charge in [-0.25, -0.2) is 0 Å². The Hall–Kier alpha value is -2.28. The van der Waals surface area contributed by atoms with Crippen molar-refractivity contribution in [2.75, 3.05) is 0 Å². The summed E-state index contributed by atoms with van der Waals surface area (Å²) in [5.41, 5.74) is 0.966. The maximum Gasteiger partial charge on any atom is 0.416 e. The van der Waals surface area contributed by atoms with Gasteiger partial charge in [-0.3, -0.25) is 9.59 Å². The molecular formula is C24H26ClF3N2O2. The van der Waals surface area contributed by atoms with Gasteiger partial charge in [0.1, 0.15) is 0 Å². The third-order valence-electron chi connectivity index (χ3n) is 6.50. The summed E-state index contributed by atoms with van der Waals surface area (Å²) in [5, 5.41) is 3.02. The molecule has 4 rings (SSSR count). The Morgan fingerprint density at radius 2 is 1.94 bits per heavy atom. The number of carbonyl (C=O) groups excluding carboxylic acids is 2. The van der Waals surface area contributed by atoms with E-state index in [1.165, 1.54) is 6.07 Å². The summed E-state index contributed by atoms with van der Waals surface area (Å²) in [6, 6.07) is 4.33. The average Bonchev–Trinajstić information content (AvgIpc) is 3.50. The molecule has 8 heteroatoms. The zero-order valence-electron chi connectivity index (χ0n) is 17.9. The van der Waals surface area contributed by atoms with Crippen LogP contribution in [0.3, 0.4) is 0 Å². The highest BCUT2D eigenvalue weighted by Gasteiger charge is 2.32. The maximum atomic E-state index is 13.3. The molecule has 4 nitrogen and oxygen atoms in total. The van der Waals surface area contributed by atoms with E-state index in [0.29, 0.717) is 42.3 Å². The highest BCUT2D eigenvalue weighted by Crippen LogP contribution is 2.39. The molecule has 32 heavy (non-hydrogen) atoms. The predicted molar refractivity (Wildman–Crippen MR) is 117 cm³/mol. The van der Waals surface area contributed by atoms with Crippen LogP contribution >= 0.6 is 11.6 Å². The van der Waals surface area contributed by atoms with Crippen LogP contribution in [-0.4, -0.2) is 22.3 Å². The monoisotopic (exact) mass is 466 g/mol. The zero-order chi connectivity index (χ0) is 23.0. The van der Waals surface area contributed by atoms with Crippen molar-refractivity contribution in [1.82, 2.24) is 9.88 Å². The lowest BCUT2D eigenvalue weighted by Crippen LogP contribution is -2.42. The second-order valence-electron chi connectivity index (χ2n) is 8.84. The number of Topliss-reactive ketones (excluding diaryl/α,β-unsaturated/α-hetero) is 1. The van der Waals surface area contributed by atoms with E-state index in [0.717, 1.165) is 44.2 Å². The van der Waals surface area contributed by atoms with Gasteiger partial charge in [-0.05, 0) is 56.4 Å². The van der Waals surface area contributed by atoms with Crippen molar-refractivity contribution in [3.63, 3.8) is 0 Å². The Balaban J connectivity index is 1.71. The van der Waals surface area contributed by atoms with Crippen LogP contribution in [0.1, 0.15) is 66.6 Å². The molecule has 0 spiro atoms. The van der Waals surface area contributed by atoms with Crippen LogP contribution in [-0.2, 0) is 17.5 Å². The molecule has 1 atom stereocenters. The van der Waals surface area contributed by atoms with E-state index in [1.807, 2.05) is 4.57 Å². The van der Waals surface area contributed by atoms with Gasteiger partial charge in [0.15, 0.2) is 5.78 Å². The second-order valence-corrected chi connectivity index (χ2v) is 9.25. The molecule has 172 valence electrons. The third-order valence-corrected chi connectivity index (χ3v) is 6.83. The van der Waals surface area contributed by atoms with Crippen LogP contribution in [0.2, 0.25) is 5.02 Å². The number of rotatable bonds is 6. The van der Waals surface area contributed by atoms with Crippen molar-refractivity contribution in [3.8, 4) is 11.3 Å². The van der Waals surface area contributed by atoms with Gasteiger partial charge in [0.25, 0.3) is 5.91 Å². The molecule has 2 aliphatic rings. The third kappa shape index (κ3) is 4.87. The predicted octanol–water partition coefficient (Wildman–Crippen LogP) is 6.18. The van der Waals surface area contributed by atoms with Gasteiger partial charge >= 0.3 is 6.18 Å². The topological polar surface area (TPSA) is 51.1 Å². The fraction of sp³-hybridized carbons (Fsp3) is 0.500. The zero-order valence-corrected chi connectivity index (χ0v) is 18.7. The first-order valence-electron chi connectivity index (χ1n) is 11.1. The van der Waals surface area contributed by atoms with Gasteiger partial charge in [-0.1, -0.05) is 30.9 Å². The first kappa shape index (κ1) is 22.9. The number of nitrogens with one attached hydrogen (secondary N) is 1. The number of amides is 1. The van der Waals surface area contributed by atoms with Crippen LogP contribution in [0.15, 0.2) is 24.3 Å². The summed E-state index contributed by atoms with van der Waals surface area (Å²) >= 11 is 6.32. The molecule has 0 bridgehead atoms. The lowest BCUT2D eigenvalue weighted by molar-refractivity contribution is -0.137. The normalized spacial score (nSPS) is 19.3. The Morgan fingerprint density at radius 3 is 2.59 bits per heavy atom. The van der Waals surface area contributed by atoms with E-state index in [9.17, 15) is 22.8 Å². The van der Waals surface area contributed by atoms with Crippen LogP contribution in [0, 0.1) is 12.8 Å². The van der Waals surface area contributed by atoms with Gasteiger partial charge in [-0.2, -0.15) is 13.2 Å². The van der Waals surface area contributed by atoms with Crippen LogP contribution in [0.25, 0.3) is 11.3 Å². The lowest BCUT2D eigenvalue weighted by Gasteiger charge is -2.21. The number of hydrogen-bond acceptors (Lipinski definition) is 2. The minimum Gasteiger partial charge on any atom is -0.344 e.